The molecule has 0 aromatic heterocycles. The van der Waals surface area contributed by atoms with Gasteiger partial charge < -0.3 is 9.22 Å². The lowest BCUT2D eigenvalue weighted by molar-refractivity contribution is -0.910. The molecular formula is C15H28NOSi+. The first-order chi connectivity index (χ1) is 8.15. The van der Waals surface area contributed by atoms with Crippen LogP contribution in [0.1, 0.15) is 18.5 Å². The average molecular weight is 266 g/mol. The molecule has 102 valence electrons. The molecule has 0 N–H and O–H groups in total. The molecule has 1 aromatic rings. The molecule has 0 radical (unpaired) electrons. The summed E-state index contributed by atoms with van der Waals surface area (Å²) in [5.74, 6) is 0.932. The molecule has 0 bridgehead atoms. The minimum Gasteiger partial charge on any atom is -0.497 e. The minimum absolute atomic E-state index is 0.516. The van der Waals surface area contributed by atoms with Gasteiger partial charge in [0.15, 0.2) is 0 Å². The van der Waals surface area contributed by atoms with Crippen molar-refractivity contribution >= 4 is 8.07 Å². The highest BCUT2D eigenvalue weighted by Gasteiger charge is 2.31. The van der Waals surface area contributed by atoms with Crippen LogP contribution >= 0.6 is 0 Å². The zero-order valence-corrected chi connectivity index (χ0v) is 13.9. The fraction of sp³-hybridized carbons (Fsp3) is 0.600. The van der Waals surface area contributed by atoms with Crippen molar-refractivity contribution in [1.82, 2.24) is 0 Å². The molecule has 3 heteroatoms. The third kappa shape index (κ3) is 4.14. The van der Waals surface area contributed by atoms with E-state index in [1.807, 2.05) is 0 Å². The van der Waals surface area contributed by atoms with Crippen LogP contribution in [0.25, 0.3) is 0 Å². The van der Waals surface area contributed by atoms with Crippen molar-refractivity contribution in [2.24, 2.45) is 0 Å². The maximum atomic E-state index is 5.22. The summed E-state index contributed by atoms with van der Waals surface area (Å²) in [5.41, 5.74) is 1.39. The monoisotopic (exact) mass is 266 g/mol. The summed E-state index contributed by atoms with van der Waals surface area (Å²) in [4.78, 5) is 0. The summed E-state index contributed by atoms with van der Waals surface area (Å²) >= 11 is 0. The summed E-state index contributed by atoms with van der Waals surface area (Å²) in [6, 6.07) is 9.00. The van der Waals surface area contributed by atoms with Crippen molar-refractivity contribution in [1.29, 1.82) is 0 Å². The Hall–Kier alpha value is -0.803. The molecule has 2 nitrogen and oxygen atoms in total. The van der Waals surface area contributed by atoms with E-state index >= 15 is 0 Å². The number of hydrogen-bond donors (Lipinski definition) is 0. The molecule has 0 fully saturated rings. The average Bonchev–Trinajstić information content (AvgIpc) is 2.25. The first-order valence-electron chi connectivity index (χ1n) is 6.62. The summed E-state index contributed by atoms with van der Waals surface area (Å²) in [5, 5.41) is 0. The Morgan fingerprint density at radius 2 is 1.61 bits per heavy atom. The second-order valence-corrected chi connectivity index (χ2v) is 12.4. The van der Waals surface area contributed by atoms with Gasteiger partial charge in [-0.2, -0.15) is 0 Å². The molecular weight excluding hydrogens is 238 g/mol. The zero-order chi connectivity index (χ0) is 14.0. The summed E-state index contributed by atoms with van der Waals surface area (Å²) < 4.78 is 6.27. The van der Waals surface area contributed by atoms with Crippen LogP contribution in [0.4, 0.5) is 0 Å². The number of nitrogens with zero attached hydrogens (tertiary/aromatic N) is 1. The summed E-state index contributed by atoms with van der Waals surface area (Å²) in [6.45, 7) is 9.64. The van der Waals surface area contributed by atoms with E-state index in [0.29, 0.717) is 6.04 Å². The van der Waals surface area contributed by atoms with Crippen molar-refractivity contribution in [2.45, 2.75) is 32.6 Å². The number of methoxy groups -OCH3 is 1. The number of hydrogen-bond acceptors (Lipinski definition) is 1. The van der Waals surface area contributed by atoms with E-state index in [9.17, 15) is 0 Å². The van der Waals surface area contributed by atoms with E-state index in [-0.39, 0.29) is 0 Å². The van der Waals surface area contributed by atoms with Crippen LogP contribution in [0.3, 0.4) is 0 Å². The Balaban J connectivity index is 2.87. The van der Waals surface area contributed by atoms with Gasteiger partial charge in [0.05, 0.1) is 27.4 Å². The fourth-order valence-corrected chi connectivity index (χ4v) is 5.36. The molecule has 0 aliphatic rings. The lowest BCUT2D eigenvalue weighted by Gasteiger charge is -2.40. The summed E-state index contributed by atoms with van der Waals surface area (Å²) in [6.07, 6.45) is 1.29. The maximum Gasteiger partial charge on any atom is 0.118 e. The topological polar surface area (TPSA) is 9.23 Å². The number of benzene rings is 1. The molecule has 1 aromatic carbocycles. The Morgan fingerprint density at radius 3 is 2.00 bits per heavy atom. The van der Waals surface area contributed by atoms with Crippen LogP contribution in [0.2, 0.25) is 19.6 Å². The van der Waals surface area contributed by atoms with E-state index in [1.165, 1.54) is 11.7 Å². The number of quaternary nitrogens is 1. The molecule has 1 rings (SSSR count). The molecule has 0 saturated carbocycles. The zero-order valence-electron chi connectivity index (χ0n) is 12.9. The third-order valence-electron chi connectivity index (χ3n) is 3.53. The molecule has 0 aliphatic carbocycles. The van der Waals surface area contributed by atoms with Crippen LogP contribution in [0.5, 0.6) is 5.75 Å². The van der Waals surface area contributed by atoms with Crippen molar-refractivity contribution < 1.29 is 9.22 Å². The molecule has 0 spiro atoms. The van der Waals surface area contributed by atoms with Crippen LogP contribution in [-0.2, 0) is 0 Å². The smallest absolute Gasteiger partial charge is 0.118 e. The van der Waals surface area contributed by atoms with Gasteiger partial charge >= 0.3 is 0 Å². The van der Waals surface area contributed by atoms with Crippen LogP contribution in [0, 0.1) is 0 Å². The third-order valence-corrected chi connectivity index (χ3v) is 5.29. The lowest BCUT2D eigenvalue weighted by Crippen LogP contribution is -2.51. The first-order valence-corrected chi connectivity index (χ1v) is 10.3. The predicted molar refractivity (Wildman–Crippen MR) is 81.7 cm³/mol. The highest BCUT2D eigenvalue weighted by molar-refractivity contribution is 6.75. The highest BCUT2D eigenvalue weighted by atomic mass is 28.3. The van der Waals surface area contributed by atoms with Crippen molar-refractivity contribution in [2.75, 3.05) is 27.4 Å². The van der Waals surface area contributed by atoms with Gasteiger partial charge in [-0.05, 0) is 31.2 Å². The van der Waals surface area contributed by atoms with Crippen LogP contribution in [0.15, 0.2) is 24.3 Å². The van der Waals surface area contributed by atoms with E-state index in [0.717, 1.165) is 10.2 Å². The number of ether oxygens (including phenoxy) is 1. The van der Waals surface area contributed by atoms with E-state index in [4.69, 9.17) is 4.74 Å². The molecule has 0 aliphatic heterocycles. The quantitative estimate of drug-likeness (QED) is 0.583. The highest BCUT2D eigenvalue weighted by Crippen LogP contribution is 2.27. The van der Waals surface area contributed by atoms with Gasteiger partial charge in [-0.3, -0.25) is 0 Å². The summed E-state index contributed by atoms with van der Waals surface area (Å²) in [7, 11) is 5.33. The van der Waals surface area contributed by atoms with E-state index < -0.39 is 8.07 Å². The second-order valence-electron chi connectivity index (χ2n) is 6.95. The largest absolute Gasteiger partial charge is 0.497 e. The predicted octanol–water partition coefficient (Wildman–Crippen LogP) is 3.71. The van der Waals surface area contributed by atoms with Crippen LogP contribution in [-0.4, -0.2) is 39.9 Å². The van der Waals surface area contributed by atoms with E-state index in [2.05, 4.69) is 64.9 Å². The van der Waals surface area contributed by atoms with Crippen molar-refractivity contribution in [3.8, 4) is 5.75 Å². The van der Waals surface area contributed by atoms with Gasteiger partial charge in [-0.15, -0.1) is 0 Å². The van der Waals surface area contributed by atoms with Gasteiger partial charge in [0.25, 0.3) is 0 Å². The van der Waals surface area contributed by atoms with Gasteiger partial charge in [-0.1, -0.05) is 19.6 Å². The van der Waals surface area contributed by atoms with Gasteiger partial charge in [0, 0.05) is 5.56 Å². The normalized spacial score (nSPS) is 14.4. The van der Waals surface area contributed by atoms with Crippen molar-refractivity contribution in [3.63, 3.8) is 0 Å². The van der Waals surface area contributed by atoms with Gasteiger partial charge in [0.2, 0.25) is 0 Å². The minimum atomic E-state index is -1.06. The van der Waals surface area contributed by atoms with Gasteiger partial charge in [-0.25, -0.2) is 0 Å². The molecule has 18 heavy (non-hydrogen) atoms. The maximum absolute atomic E-state index is 5.22. The second kappa shape index (κ2) is 5.45. The number of rotatable bonds is 5. The Morgan fingerprint density at radius 1 is 1.11 bits per heavy atom. The van der Waals surface area contributed by atoms with Crippen LogP contribution < -0.4 is 4.74 Å². The standard InChI is InChI=1S/C15H28NOSi/c1-13(16(2,3)12-18(5,6)7)14-8-10-15(17-4)11-9-14/h8-11,13H,12H2,1-7H3/q+1. The Kier molecular flexibility index (Phi) is 4.62. The molecule has 0 saturated heterocycles. The van der Waals surface area contributed by atoms with Crippen molar-refractivity contribution in [3.05, 3.63) is 29.8 Å². The molecule has 1 atom stereocenters. The molecule has 0 amide bonds. The molecule has 0 heterocycles. The Bertz CT molecular complexity index is 378. The van der Waals surface area contributed by atoms with Gasteiger partial charge in [0.1, 0.15) is 19.9 Å². The lowest BCUT2D eigenvalue weighted by atomic mass is 10.1. The fourth-order valence-electron chi connectivity index (χ4n) is 2.65. The molecule has 1 unspecified atom stereocenters. The first kappa shape index (κ1) is 15.3. The van der Waals surface area contributed by atoms with E-state index in [1.54, 1.807) is 7.11 Å². The Labute approximate surface area is 113 Å². The SMILES string of the molecule is COc1ccc(C(C)[N+](C)(C)C[Si](C)(C)C)cc1.